The molecular formula is C21H28N2O3. The minimum absolute atomic E-state index is 0.103. The Morgan fingerprint density at radius 2 is 1.62 bits per heavy atom. The molecule has 0 aromatic heterocycles. The number of nitrogens with zero attached hydrogens (tertiary/aromatic N) is 1. The van der Waals surface area contributed by atoms with E-state index in [9.17, 15) is 0 Å². The number of methoxy groups -OCH3 is 3. The fraction of sp³-hybridized carbons (Fsp3) is 0.429. The number of para-hydroxylation sites is 1. The summed E-state index contributed by atoms with van der Waals surface area (Å²) < 4.78 is 16.6. The molecule has 0 bridgehead atoms. The van der Waals surface area contributed by atoms with Gasteiger partial charge in [0.1, 0.15) is 5.75 Å². The summed E-state index contributed by atoms with van der Waals surface area (Å²) in [5, 5.41) is 3.49. The van der Waals surface area contributed by atoms with E-state index in [1.54, 1.807) is 21.3 Å². The Bertz CT molecular complexity index is 712. The molecule has 1 unspecified atom stereocenters. The first-order chi connectivity index (χ1) is 12.8. The van der Waals surface area contributed by atoms with Gasteiger partial charge in [-0.1, -0.05) is 24.3 Å². The lowest BCUT2D eigenvalue weighted by Gasteiger charge is -2.32. The zero-order chi connectivity index (χ0) is 18.4. The average molecular weight is 356 g/mol. The molecule has 0 saturated carbocycles. The van der Waals surface area contributed by atoms with E-state index in [-0.39, 0.29) is 6.04 Å². The molecule has 1 atom stereocenters. The van der Waals surface area contributed by atoms with Crippen molar-refractivity contribution in [3.05, 3.63) is 53.6 Å². The summed E-state index contributed by atoms with van der Waals surface area (Å²) in [7, 11) is 5.07. The topological polar surface area (TPSA) is 43.0 Å². The maximum absolute atomic E-state index is 5.67. The van der Waals surface area contributed by atoms with Crippen LogP contribution in [0.1, 0.15) is 23.6 Å². The zero-order valence-corrected chi connectivity index (χ0v) is 15.8. The molecule has 0 radical (unpaired) electrons. The van der Waals surface area contributed by atoms with Crippen LogP contribution >= 0.6 is 0 Å². The van der Waals surface area contributed by atoms with E-state index in [1.165, 1.54) is 11.1 Å². The van der Waals surface area contributed by atoms with Crippen LogP contribution in [0.15, 0.2) is 42.5 Å². The van der Waals surface area contributed by atoms with Gasteiger partial charge in [0.2, 0.25) is 0 Å². The number of hydrogen-bond acceptors (Lipinski definition) is 5. The number of hydrogen-bond donors (Lipinski definition) is 1. The second-order valence-corrected chi connectivity index (χ2v) is 6.40. The highest BCUT2D eigenvalue weighted by molar-refractivity contribution is 5.48. The predicted octanol–water partition coefficient (Wildman–Crippen LogP) is 3.10. The molecule has 0 spiro atoms. The van der Waals surface area contributed by atoms with Crippen LogP contribution in [0.2, 0.25) is 0 Å². The van der Waals surface area contributed by atoms with Gasteiger partial charge in [0.15, 0.2) is 11.5 Å². The number of nitrogens with one attached hydrogen (secondary N) is 1. The predicted molar refractivity (Wildman–Crippen MR) is 103 cm³/mol. The highest BCUT2D eigenvalue weighted by Crippen LogP contribution is 2.38. The van der Waals surface area contributed by atoms with E-state index in [0.29, 0.717) is 0 Å². The molecule has 1 N–H and O–H groups in total. The van der Waals surface area contributed by atoms with Gasteiger partial charge >= 0.3 is 0 Å². The highest BCUT2D eigenvalue weighted by Gasteiger charge is 2.26. The van der Waals surface area contributed by atoms with Crippen LogP contribution in [0.3, 0.4) is 0 Å². The Balaban J connectivity index is 2.08. The van der Waals surface area contributed by atoms with Crippen LogP contribution in [0.25, 0.3) is 0 Å². The minimum Gasteiger partial charge on any atom is -0.496 e. The normalized spacial score (nSPS) is 16.6. The standard InChI is InChI=1S/C21H28N2O3/c1-24-18-8-5-4-7-17(18)21(23-13-6-11-22-12-14-23)16-9-10-19(25-2)20(15-16)26-3/h4-5,7-10,15,21-22H,6,11-14H2,1-3H3. The third-order valence-electron chi connectivity index (χ3n) is 4.90. The third kappa shape index (κ3) is 3.94. The summed E-state index contributed by atoms with van der Waals surface area (Å²) in [6.07, 6.45) is 1.12. The molecule has 3 rings (SSSR count). The first-order valence-electron chi connectivity index (χ1n) is 9.08. The van der Waals surface area contributed by atoms with E-state index in [2.05, 4.69) is 34.5 Å². The van der Waals surface area contributed by atoms with Gasteiger partial charge in [-0.2, -0.15) is 0 Å². The molecule has 1 fully saturated rings. The van der Waals surface area contributed by atoms with Crippen molar-refractivity contribution in [2.75, 3.05) is 47.5 Å². The lowest BCUT2D eigenvalue weighted by Crippen LogP contribution is -2.33. The lowest BCUT2D eigenvalue weighted by atomic mass is 9.95. The molecular weight excluding hydrogens is 328 g/mol. The molecule has 0 amide bonds. The lowest BCUT2D eigenvalue weighted by molar-refractivity contribution is 0.235. The highest BCUT2D eigenvalue weighted by atomic mass is 16.5. The van der Waals surface area contributed by atoms with Crippen molar-refractivity contribution in [2.45, 2.75) is 12.5 Å². The van der Waals surface area contributed by atoms with Crippen molar-refractivity contribution < 1.29 is 14.2 Å². The van der Waals surface area contributed by atoms with Crippen LogP contribution in [0.5, 0.6) is 17.2 Å². The van der Waals surface area contributed by atoms with Crippen LogP contribution in [-0.2, 0) is 0 Å². The maximum Gasteiger partial charge on any atom is 0.161 e. The van der Waals surface area contributed by atoms with Crippen molar-refractivity contribution in [2.24, 2.45) is 0 Å². The molecule has 1 saturated heterocycles. The van der Waals surface area contributed by atoms with Crippen molar-refractivity contribution in [3.8, 4) is 17.2 Å². The average Bonchev–Trinajstić information content (AvgIpc) is 2.98. The largest absolute Gasteiger partial charge is 0.496 e. The van der Waals surface area contributed by atoms with Gasteiger partial charge in [-0.15, -0.1) is 0 Å². The first kappa shape index (κ1) is 18.5. The molecule has 5 heteroatoms. The summed E-state index contributed by atoms with van der Waals surface area (Å²) in [6, 6.07) is 14.5. The molecule has 1 heterocycles. The van der Waals surface area contributed by atoms with E-state index in [0.717, 1.165) is 49.8 Å². The van der Waals surface area contributed by atoms with Gasteiger partial charge < -0.3 is 19.5 Å². The van der Waals surface area contributed by atoms with Crippen LogP contribution in [-0.4, -0.2) is 52.4 Å². The molecule has 1 aliphatic rings. The second-order valence-electron chi connectivity index (χ2n) is 6.40. The Morgan fingerprint density at radius 1 is 0.846 bits per heavy atom. The van der Waals surface area contributed by atoms with E-state index >= 15 is 0 Å². The fourth-order valence-corrected chi connectivity index (χ4v) is 3.63. The van der Waals surface area contributed by atoms with E-state index in [1.807, 2.05) is 18.2 Å². The van der Waals surface area contributed by atoms with Gasteiger partial charge in [0.05, 0.1) is 27.4 Å². The zero-order valence-electron chi connectivity index (χ0n) is 15.8. The summed E-state index contributed by atoms with van der Waals surface area (Å²) in [4.78, 5) is 2.51. The fourth-order valence-electron chi connectivity index (χ4n) is 3.63. The van der Waals surface area contributed by atoms with Gasteiger partial charge in [0.25, 0.3) is 0 Å². The maximum atomic E-state index is 5.67. The molecule has 1 aliphatic heterocycles. The minimum atomic E-state index is 0.103. The Hall–Kier alpha value is -2.24. The van der Waals surface area contributed by atoms with Crippen LogP contribution < -0.4 is 19.5 Å². The second kappa shape index (κ2) is 8.92. The quantitative estimate of drug-likeness (QED) is 0.862. The van der Waals surface area contributed by atoms with Gasteiger partial charge in [0, 0.05) is 25.2 Å². The SMILES string of the molecule is COc1ccc(C(c2ccccc2OC)N2CCCNCC2)cc1OC. The molecule has 2 aromatic carbocycles. The molecule has 0 aliphatic carbocycles. The number of ether oxygens (including phenoxy) is 3. The van der Waals surface area contributed by atoms with Gasteiger partial charge in [-0.25, -0.2) is 0 Å². The summed E-state index contributed by atoms with van der Waals surface area (Å²) in [6.45, 7) is 4.06. The van der Waals surface area contributed by atoms with Crippen molar-refractivity contribution in [3.63, 3.8) is 0 Å². The molecule has 26 heavy (non-hydrogen) atoms. The third-order valence-corrected chi connectivity index (χ3v) is 4.90. The van der Waals surface area contributed by atoms with Crippen LogP contribution in [0, 0.1) is 0 Å². The van der Waals surface area contributed by atoms with Crippen molar-refractivity contribution >= 4 is 0 Å². The van der Waals surface area contributed by atoms with Crippen molar-refractivity contribution in [1.29, 1.82) is 0 Å². The first-order valence-corrected chi connectivity index (χ1v) is 9.08. The molecule has 140 valence electrons. The van der Waals surface area contributed by atoms with E-state index < -0.39 is 0 Å². The smallest absolute Gasteiger partial charge is 0.161 e. The number of benzene rings is 2. The molecule has 5 nitrogen and oxygen atoms in total. The Morgan fingerprint density at radius 3 is 2.38 bits per heavy atom. The van der Waals surface area contributed by atoms with Gasteiger partial charge in [-0.3, -0.25) is 4.90 Å². The van der Waals surface area contributed by atoms with Gasteiger partial charge in [-0.05, 0) is 36.7 Å². The van der Waals surface area contributed by atoms with Crippen molar-refractivity contribution in [1.82, 2.24) is 10.2 Å². The number of rotatable bonds is 6. The monoisotopic (exact) mass is 356 g/mol. The summed E-state index contributed by atoms with van der Waals surface area (Å²) in [5.74, 6) is 2.40. The Labute approximate surface area is 155 Å². The summed E-state index contributed by atoms with van der Waals surface area (Å²) >= 11 is 0. The van der Waals surface area contributed by atoms with E-state index in [4.69, 9.17) is 14.2 Å². The Kier molecular flexibility index (Phi) is 6.36. The van der Waals surface area contributed by atoms with Crippen LogP contribution in [0.4, 0.5) is 0 Å². The summed E-state index contributed by atoms with van der Waals surface area (Å²) in [5.41, 5.74) is 2.35. The molecule has 2 aromatic rings.